The number of rotatable bonds is 4. The van der Waals surface area contributed by atoms with Crippen LogP contribution in [-0.2, 0) is 6.54 Å². The van der Waals surface area contributed by atoms with E-state index in [1.54, 1.807) is 24.1 Å². The van der Waals surface area contributed by atoms with Crippen LogP contribution in [0.3, 0.4) is 0 Å². The molecule has 0 spiro atoms. The highest BCUT2D eigenvalue weighted by Gasteiger charge is 2.39. The van der Waals surface area contributed by atoms with E-state index in [0.717, 1.165) is 11.3 Å². The van der Waals surface area contributed by atoms with Gasteiger partial charge in [0.05, 0.1) is 25.2 Å². The van der Waals surface area contributed by atoms with Crippen LogP contribution in [-0.4, -0.2) is 53.9 Å². The van der Waals surface area contributed by atoms with Gasteiger partial charge in [0.2, 0.25) is 6.43 Å². The van der Waals surface area contributed by atoms with E-state index >= 15 is 0 Å². The largest absolute Gasteiger partial charge is 0.497 e. The zero-order valence-electron chi connectivity index (χ0n) is 11.2. The van der Waals surface area contributed by atoms with Gasteiger partial charge in [0, 0.05) is 19.6 Å². The maximum Gasteiger partial charge on any atom is 0.245 e. The van der Waals surface area contributed by atoms with Crippen LogP contribution in [0.4, 0.5) is 8.78 Å². The molecule has 0 amide bonds. The van der Waals surface area contributed by atoms with E-state index in [2.05, 4.69) is 0 Å². The highest BCUT2D eigenvalue weighted by atomic mass is 19.3. The van der Waals surface area contributed by atoms with Crippen molar-refractivity contribution in [2.24, 2.45) is 5.92 Å². The number of ether oxygens (including phenoxy) is 1. The van der Waals surface area contributed by atoms with Crippen LogP contribution in [0.25, 0.3) is 0 Å². The minimum absolute atomic E-state index is 0.0714. The molecule has 20 heavy (non-hydrogen) atoms. The van der Waals surface area contributed by atoms with E-state index in [0.29, 0.717) is 6.54 Å². The van der Waals surface area contributed by atoms with Crippen molar-refractivity contribution in [3.8, 4) is 5.75 Å². The van der Waals surface area contributed by atoms with Gasteiger partial charge < -0.3 is 14.9 Å². The quantitative estimate of drug-likeness (QED) is 0.871. The molecule has 6 heteroatoms. The number of alkyl halides is 2. The van der Waals surface area contributed by atoms with Gasteiger partial charge in [-0.3, -0.25) is 4.90 Å². The molecule has 0 radical (unpaired) electrons. The number of aliphatic hydroxyl groups excluding tert-OH is 2. The first-order chi connectivity index (χ1) is 9.51. The maximum absolute atomic E-state index is 12.8. The molecule has 4 nitrogen and oxygen atoms in total. The Balaban J connectivity index is 2.01. The fourth-order valence-corrected chi connectivity index (χ4v) is 2.49. The fraction of sp³-hybridized carbons (Fsp3) is 0.571. The average molecular weight is 287 g/mol. The Bertz CT molecular complexity index is 427. The molecular formula is C14H19F2NO3. The number of β-amino-alcohol motifs (C(OH)–C–C–N with tert-alkyl or cyclic N) is 1. The molecule has 1 aromatic rings. The summed E-state index contributed by atoms with van der Waals surface area (Å²) in [6.45, 7) is 0.718. The minimum atomic E-state index is -2.64. The molecule has 0 aliphatic carbocycles. The van der Waals surface area contributed by atoms with Gasteiger partial charge in [0.1, 0.15) is 5.75 Å². The van der Waals surface area contributed by atoms with E-state index in [1.165, 1.54) is 0 Å². The van der Waals surface area contributed by atoms with Crippen LogP contribution in [0.5, 0.6) is 5.75 Å². The van der Waals surface area contributed by atoms with Crippen LogP contribution < -0.4 is 4.74 Å². The van der Waals surface area contributed by atoms with Crippen molar-refractivity contribution in [1.82, 2.24) is 4.90 Å². The van der Waals surface area contributed by atoms with E-state index in [4.69, 9.17) is 4.74 Å². The van der Waals surface area contributed by atoms with Crippen molar-refractivity contribution < 1.29 is 23.7 Å². The Hall–Kier alpha value is -1.24. The second kappa shape index (κ2) is 6.47. The zero-order chi connectivity index (χ0) is 14.7. The number of methoxy groups -OCH3 is 1. The van der Waals surface area contributed by atoms with Gasteiger partial charge in [-0.15, -0.1) is 0 Å². The SMILES string of the molecule is COc1ccc(CN2C[C@@H](O)[C@H](O)[C@@H](C(F)F)C2)cc1. The number of nitrogens with zero attached hydrogens (tertiary/aromatic N) is 1. The van der Waals surface area contributed by atoms with Gasteiger partial charge in [-0.2, -0.15) is 0 Å². The summed E-state index contributed by atoms with van der Waals surface area (Å²) in [6, 6.07) is 7.31. The summed E-state index contributed by atoms with van der Waals surface area (Å²) in [5.74, 6) is -0.481. The molecular weight excluding hydrogens is 268 g/mol. The molecule has 0 bridgehead atoms. The van der Waals surface area contributed by atoms with Gasteiger partial charge in [0.25, 0.3) is 0 Å². The van der Waals surface area contributed by atoms with Crippen LogP contribution in [0.1, 0.15) is 5.56 Å². The first-order valence-electron chi connectivity index (χ1n) is 6.51. The van der Waals surface area contributed by atoms with Gasteiger partial charge in [-0.1, -0.05) is 12.1 Å². The van der Waals surface area contributed by atoms with Crippen LogP contribution in [0.15, 0.2) is 24.3 Å². The van der Waals surface area contributed by atoms with Gasteiger partial charge in [0.15, 0.2) is 0 Å². The number of benzene rings is 1. The Labute approximate surface area is 116 Å². The average Bonchev–Trinajstić information content (AvgIpc) is 2.43. The Morgan fingerprint density at radius 3 is 2.45 bits per heavy atom. The first kappa shape index (κ1) is 15.2. The third kappa shape index (κ3) is 3.45. The lowest BCUT2D eigenvalue weighted by Crippen LogP contribution is -2.54. The second-order valence-electron chi connectivity index (χ2n) is 5.10. The molecule has 1 aromatic carbocycles. The molecule has 1 aliphatic heterocycles. The molecule has 1 saturated heterocycles. The number of hydrogen-bond acceptors (Lipinski definition) is 4. The standard InChI is InChI=1S/C14H19F2NO3/c1-20-10-4-2-9(3-5-10)6-17-7-11(14(15)16)13(19)12(18)8-17/h2-5,11-14,18-19H,6-8H2,1H3/t11-,12+,13+/m0/s1. The first-order valence-corrected chi connectivity index (χ1v) is 6.51. The predicted molar refractivity (Wildman–Crippen MR) is 69.8 cm³/mol. The summed E-state index contributed by atoms with van der Waals surface area (Å²) in [5.41, 5.74) is 0.947. The lowest BCUT2D eigenvalue weighted by molar-refractivity contribution is -0.118. The predicted octanol–water partition coefficient (Wildman–Crippen LogP) is 1.11. The fourth-order valence-electron chi connectivity index (χ4n) is 2.49. The normalized spacial score (nSPS) is 27.8. The van der Waals surface area contributed by atoms with E-state index < -0.39 is 24.6 Å². The van der Waals surface area contributed by atoms with Crippen molar-refractivity contribution in [3.05, 3.63) is 29.8 Å². The van der Waals surface area contributed by atoms with Gasteiger partial charge >= 0.3 is 0 Å². The lowest BCUT2D eigenvalue weighted by atomic mass is 9.92. The van der Waals surface area contributed by atoms with E-state index in [9.17, 15) is 19.0 Å². The van der Waals surface area contributed by atoms with Gasteiger partial charge in [-0.05, 0) is 17.7 Å². The zero-order valence-corrected chi connectivity index (χ0v) is 11.2. The molecule has 112 valence electrons. The maximum atomic E-state index is 12.8. The van der Waals surface area contributed by atoms with Gasteiger partial charge in [-0.25, -0.2) is 8.78 Å². The summed E-state index contributed by atoms with van der Waals surface area (Å²) in [6.07, 6.45) is -5.14. The number of hydrogen-bond donors (Lipinski definition) is 2. The Morgan fingerprint density at radius 2 is 1.90 bits per heavy atom. The summed E-state index contributed by atoms with van der Waals surface area (Å²) < 4.78 is 30.7. The molecule has 0 unspecified atom stereocenters. The Kier molecular flexibility index (Phi) is 4.91. The van der Waals surface area contributed by atoms with Crippen LogP contribution in [0, 0.1) is 5.92 Å². The summed E-state index contributed by atoms with van der Waals surface area (Å²) in [7, 11) is 1.57. The molecule has 1 heterocycles. The van der Waals surface area contributed by atoms with Crippen molar-refractivity contribution in [2.45, 2.75) is 25.2 Å². The summed E-state index contributed by atoms with van der Waals surface area (Å²) in [5, 5.41) is 19.3. The number of piperidine rings is 1. The Morgan fingerprint density at radius 1 is 1.25 bits per heavy atom. The molecule has 2 N–H and O–H groups in total. The monoisotopic (exact) mass is 287 g/mol. The molecule has 0 aromatic heterocycles. The number of aliphatic hydroxyl groups is 2. The van der Waals surface area contributed by atoms with Crippen molar-refractivity contribution in [3.63, 3.8) is 0 Å². The van der Waals surface area contributed by atoms with Crippen molar-refractivity contribution in [1.29, 1.82) is 0 Å². The summed E-state index contributed by atoms with van der Waals surface area (Å²) in [4.78, 5) is 1.73. The lowest BCUT2D eigenvalue weighted by Gasteiger charge is -2.38. The van der Waals surface area contributed by atoms with Crippen LogP contribution in [0.2, 0.25) is 0 Å². The van der Waals surface area contributed by atoms with E-state index in [1.807, 2.05) is 12.1 Å². The third-order valence-corrected chi connectivity index (χ3v) is 3.64. The third-order valence-electron chi connectivity index (χ3n) is 3.64. The van der Waals surface area contributed by atoms with E-state index in [-0.39, 0.29) is 13.1 Å². The van der Waals surface area contributed by atoms with Crippen LogP contribution >= 0.6 is 0 Å². The molecule has 1 fully saturated rings. The van der Waals surface area contributed by atoms with Crippen molar-refractivity contribution >= 4 is 0 Å². The highest BCUT2D eigenvalue weighted by molar-refractivity contribution is 5.27. The summed E-state index contributed by atoms with van der Waals surface area (Å²) >= 11 is 0. The smallest absolute Gasteiger partial charge is 0.245 e. The topological polar surface area (TPSA) is 52.9 Å². The highest BCUT2D eigenvalue weighted by Crippen LogP contribution is 2.25. The minimum Gasteiger partial charge on any atom is -0.497 e. The number of likely N-dealkylation sites (tertiary alicyclic amines) is 1. The molecule has 2 rings (SSSR count). The molecule has 3 atom stereocenters. The molecule has 0 saturated carbocycles. The second-order valence-corrected chi connectivity index (χ2v) is 5.10. The van der Waals surface area contributed by atoms with Crippen molar-refractivity contribution in [2.75, 3.05) is 20.2 Å². The molecule has 1 aliphatic rings. The number of halogens is 2.